The summed E-state index contributed by atoms with van der Waals surface area (Å²) in [5.41, 5.74) is 2.28. The van der Waals surface area contributed by atoms with Crippen LogP contribution >= 0.6 is 0 Å². The normalized spacial score (nSPS) is 16.9. The van der Waals surface area contributed by atoms with Crippen LogP contribution in [-0.2, 0) is 6.54 Å². The molecule has 22 heavy (non-hydrogen) atoms. The van der Waals surface area contributed by atoms with E-state index < -0.39 is 0 Å². The van der Waals surface area contributed by atoms with Crippen LogP contribution in [0, 0.1) is 0 Å². The third-order valence-corrected chi connectivity index (χ3v) is 4.35. The van der Waals surface area contributed by atoms with Crippen LogP contribution in [0.1, 0.15) is 31.7 Å². The van der Waals surface area contributed by atoms with Gasteiger partial charge in [0.1, 0.15) is 5.82 Å². The van der Waals surface area contributed by atoms with Crippen LogP contribution in [0.15, 0.2) is 30.3 Å². The average Bonchev–Trinajstić information content (AvgIpc) is 2.59. The molecule has 0 unspecified atom stereocenters. The van der Waals surface area contributed by atoms with Gasteiger partial charge in [-0.05, 0) is 38.3 Å². The second kappa shape index (κ2) is 7.07. The van der Waals surface area contributed by atoms with E-state index in [1.165, 1.54) is 30.2 Å². The fourth-order valence-corrected chi connectivity index (χ4v) is 3.01. The number of rotatable bonds is 5. The van der Waals surface area contributed by atoms with Crippen molar-refractivity contribution in [2.45, 2.75) is 38.8 Å². The number of nitrogens with zero attached hydrogens (tertiary/aromatic N) is 2. The van der Waals surface area contributed by atoms with Crippen molar-refractivity contribution in [1.82, 2.24) is 10.3 Å². The van der Waals surface area contributed by atoms with Crippen LogP contribution < -0.4 is 10.2 Å². The van der Waals surface area contributed by atoms with E-state index >= 15 is 0 Å². The fraction of sp³-hybridized carbons (Fsp3) is 0.500. The quantitative estimate of drug-likeness (QED) is 0.891. The summed E-state index contributed by atoms with van der Waals surface area (Å²) in [6.45, 7) is 5.07. The molecule has 1 aliphatic heterocycles. The molecule has 118 valence electrons. The topological polar surface area (TPSA) is 48.4 Å². The zero-order chi connectivity index (χ0) is 15.4. The lowest BCUT2D eigenvalue weighted by Gasteiger charge is -2.30. The fourth-order valence-electron chi connectivity index (χ4n) is 3.01. The average molecular weight is 299 g/mol. The molecule has 3 rings (SSSR count). The first-order chi connectivity index (χ1) is 10.8. The molecule has 0 saturated carbocycles. The molecule has 2 aromatic rings. The minimum atomic E-state index is 0.0978. The van der Waals surface area contributed by atoms with Gasteiger partial charge in [0.2, 0.25) is 0 Å². The van der Waals surface area contributed by atoms with E-state index in [1.54, 1.807) is 0 Å². The van der Waals surface area contributed by atoms with Gasteiger partial charge in [-0.2, -0.15) is 0 Å². The summed E-state index contributed by atoms with van der Waals surface area (Å²) in [5.74, 6) is 1.11. The number of aliphatic hydroxyl groups is 1. The second-order valence-electron chi connectivity index (χ2n) is 6.18. The van der Waals surface area contributed by atoms with Crippen molar-refractivity contribution in [3.63, 3.8) is 0 Å². The van der Waals surface area contributed by atoms with Gasteiger partial charge in [0.25, 0.3) is 0 Å². The van der Waals surface area contributed by atoms with Gasteiger partial charge in [0.15, 0.2) is 0 Å². The van der Waals surface area contributed by atoms with E-state index in [2.05, 4.69) is 34.5 Å². The number of pyridine rings is 1. The molecule has 0 radical (unpaired) electrons. The number of nitrogens with one attached hydrogen (secondary N) is 1. The SMILES string of the molecule is C[C@H](CO)NCc1cc2ccccc2nc1N1CCCCC1. The molecular weight excluding hydrogens is 274 g/mol. The summed E-state index contributed by atoms with van der Waals surface area (Å²) in [4.78, 5) is 7.34. The Labute approximate surface area is 132 Å². The lowest BCUT2D eigenvalue weighted by Crippen LogP contribution is -2.33. The summed E-state index contributed by atoms with van der Waals surface area (Å²) < 4.78 is 0. The van der Waals surface area contributed by atoms with E-state index in [9.17, 15) is 5.11 Å². The van der Waals surface area contributed by atoms with Crippen molar-refractivity contribution < 1.29 is 5.11 Å². The molecule has 0 aliphatic carbocycles. The van der Waals surface area contributed by atoms with Gasteiger partial charge in [-0.15, -0.1) is 0 Å². The number of fused-ring (bicyclic) bond motifs is 1. The standard InChI is InChI=1S/C18H25N3O/c1-14(13-22)19-12-16-11-15-7-3-4-8-17(15)20-18(16)21-9-5-2-6-10-21/h3-4,7-8,11,14,19,22H,2,5-6,9-10,12-13H2,1H3/t14-/m1/s1. The Bertz CT molecular complexity index is 623. The third-order valence-electron chi connectivity index (χ3n) is 4.35. The summed E-state index contributed by atoms with van der Waals surface area (Å²) >= 11 is 0. The maximum atomic E-state index is 9.21. The Morgan fingerprint density at radius 3 is 2.77 bits per heavy atom. The Morgan fingerprint density at radius 1 is 1.23 bits per heavy atom. The Balaban J connectivity index is 1.94. The molecule has 1 aliphatic rings. The molecule has 1 aromatic heterocycles. The Kier molecular flexibility index (Phi) is 4.90. The molecular formula is C18H25N3O. The van der Waals surface area contributed by atoms with Crippen LogP contribution in [-0.4, -0.2) is 35.8 Å². The van der Waals surface area contributed by atoms with Crippen molar-refractivity contribution in [2.75, 3.05) is 24.6 Å². The first-order valence-electron chi connectivity index (χ1n) is 8.26. The minimum Gasteiger partial charge on any atom is -0.395 e. The lowest BCUT2D eigenvalue weighted by molar-refractivity contribution is 0.251. The molecule has 0 spiro atoms. The highest BCUT2D eigenvalue weighted by molar-refractivity contribution is 5.81. The van der Waals surface area contributed by atoms with E-state index in [-0.39, 0.29) is 12.6 Å². The van der Waals surface area contributed by atoms with Gasteiger partial charge < -0.3 is 15.3 Å². The molecule has 1 aromatic carbocycles. The zero-order valence-electron chi connectivity index (χ0n) is 13.3. The number of hydrogen-bond acceptors (Lipinski definition) is 4. The van der Waals surface area contributed by atoms with E-state index in [1.807, 2.05) is 13.0 Å². The van der Waals surface area contributed by atoms with Gasteiger partial charge >= 0.3 is 0 Å². The van der Waals surface area contributed by atoms with Crippen molar-refractivity contribution >= 4 is 16.7 Å². The van der Waals surface area contributed by atoms with Gasteiger partial charge in [0.05, 0.1) is 12.1 Å². The Morgan fingerprint density at radius 2 is 2.00 bits per heavy atom. The number of aromatic nitrogens is 1. The number of benzene rings is 1. The van der Waals surface area contributed by atoms with Crippen molar-refractivity contribution in [3.8, 4) is 0 Å². The monoisotopic (exact) mass is 299 g/mol. The molecule has 2 N–H and O–H groups in total. The van der Waals surface area contributed by atoms with Crippen molar-refractivity contribution in [3.05, 3.63) is 35.9 Å². The third kappa shape index (κ3) is 3.39. The lowest BCUT2D eigenvalue weighted by atomic mass is 10.1. The molecule has 4 nitrogen and oxygen atoms in total. The van der Waals surface area contributed by atoms with Crippen LogP contribution in [0.25, 0.3) is 10.9 Å². The predicted octanol–water partition coefficient (Wildman–Crippen LogP) is 2.70. The van der Waals surface area contributed by atoms with Gasteiger partial charge in [-0.25, -0.2) is 4.98 Å². The highest BCUT2D eigenvalue weighted by Crippen LogP contribution is 2.26. The highest BCUT2D eigenvalue weighted by atomic mass is 16.3. The number of para-hydroxylation sites is 1. The van der Waals surface area contributed by atoms with Gasteiger partial charge in [0, 0.05) is 36.6 Å². The molecule has 0 bridgehead atoms. The largest absolute Gasteiger partial charge is 0.395 e. The zero-order valence-corrected chi connectivity index (χ0v) is 13.3. The summed E-state index contributed by atoms with van der Waals surface area (Å²) in [7, 11) is 0. The summed E-state index contributed by atoms with van der Waals surface area (Å²) in [5, 5.41) is 13.8. The first kappa shape index (κ1) is 15.3. The molecule has 1 saturated heterocycles. The number of hydrogen-bond donors (Lipinski definition) is 2. The maximum Gasteiger partial charge on any atom is 0.133 e. The smallest absolute Gasteiger partial charge is 0.133 e. The number of aliphatic hydroxyl groups excluding tert-OH is 1. The highest BCUT2D eigenvalue weighted by Gasteiger charge is 2.17. The second-order valence-corrected chi connectivity index (χ2v) is 6.18. The molecule has 2 heterocycles. The van der Waals surface area contributed by atoms with Crippen LogP contribution in [0.2, 0.25) is 0 Å². The molecule has 1 fully saturated rings. The first-order valence-corrected chi connectivity index (χ1v) is 8.26. The van der Waals surface area contributed by atoms with Crippen LogP contribution in [0.4, 0.5) is 5.82 Å². The summed E-state index contributed by atoms with van der Waals surface area (Å²) in [6.07, 6.45) is 3.81. The molecule has 0 amide bonds. The molecule has 4 heteroatoms. The number of piperidine rings is 1. The summed E-state index contributed by atoms with van der Waals surface area (Å²) in [6, 6.07) is 10.6. The van der Waals surface area contributed by atoms with E-state index in [0.29, 0.717) is 0 Å². The minimum absolute atomic E-state index is 0.0978. The van der Waals surface area contributed by atoms with Gasteiger partial charge in [-0.3, -0.25) is 0 Å². The van der Waals surface area contributed by atoms with E-state index in [4.69, 9.17) is 4.98 Å². The predicted molar refractivity (Wildman–Crippen MR) is 91.2 cm³/mol. The van der Waals surface area contributed by atoms with Crippen LogP contribution in [0.3, 0.4) is 0 Å². The Hall–Kier alpha value is -1.65. The van der Waals surface area contributed by atoms with Gasteiger partial charge in [-0.1, -0.05) is 18.2 Å². The van der Waals surface area contributed by atoms with Crippen molar-refractivity contribution in [2.24, 2.45) is 0 Å². The van der Waals surface area contributed by atoms with Crippen molar-refractivity contribution in [1.29, 1.82) is 0 Å². The van der Waals surface area contributed by atoms with E-state index in [0.717, 1.165) is 31.0 Å². The number of anilines is 1. The maximum absolute atomic E-state index is 9.21. The molecule has 1 atom stereocenters. The van der Waals surface area contributed by atoms with Crippen LogP contribution in [0.5, 0.6) is 0 Å².